The Morgan fingerprint density at radius 2 is 1.66 bits per heavy atom. The molecule has 0 radical (unpaired) electrons. The van der Waals surface area contributed by atoms with Crippen molar-refractivity contribution in [1.82, 2.24) is 20.2 Å². The molecule has 0 aliphatic rings. The van der Waals surface area contributed by atoms with Crippen LogP contribution in [0.5, 0.6) is 5.75 Å². The zero-order valence-electron chi connectivity index (χ0n) is 17.9. The maximum absolute atomic E-state index is 12.9. The van der Waals surface area contributed by atoms with Crippen molar-refractivity contribution < 1.29 is 19.7 Å². The number of rotatable bonds is 9. The first kappa shape index (κ1) is 21.9. The van der Waals surface area contributed by atoms with Crippen LogP contribution in [-0.4, -0.2) is 77.5 Å². The average molecular weight is 434 g/mol. The molecule has 0 saturated heterocycles. The summed E-state index contributed by atoms with van der Waals surface area (Å²) in [6, 6.07) is 15.1. The second-order valence-corrected chi connectivity index (χ2v) is 7.43. The molecule has 0 aliphatic heterocycles. The van der Waals surface area contributed by atoms with Crippen molar-refractivity contribution in [2.24, 2.45) is 0 Å². The average Bonchev–Trinajstić information content (AvgIpc) is 2.82. The third-order valence-corrected chi connectivity index (χ3v) is 5.46. The van der Waals surface area contributed by atoms with E-state index >= 15 is 0 Å². The van der Waals surface area contributed by atoms with Crippen LogP contribution in [0.3, 0.4) is 0 Å². The highest BCUT2D eigenvalue weighted by Gasteiger charge is 2.15. The van der Waals surface area contributed by atoms with Gasteiger partial charge in [0.05, 0.1) is 42.4 Å². The van der Waals surface area contributed by atoms with E-state index in [1.807, 2.05) is 41.3 Å². The number of aromatic nitrogens is 2. The Hall–Kier alpha value is -3.33. The lowest BCUT2D eigenvalue weighted by atomic mass is 10.1. The number of hydrogen-bond acceptors (Lipinski definition) is 7. The molecule has 4 rings (SSSR count). The molecule has 0 saturated carbocycles. The summed E-state index contributed by atoms with van der Waals surface area (Å²) in [6.07, 6.45) is 0. The molecule has 3 aromatic carbocycles. The van der Waals surface area contributed by atoms with Gasteiger partial charge >= 0.3 is 0 Å². The first-order chi connectivity index (χ1) is 15.7. The third kappa shape index (κ3) is 4.34. The zero-order chi connectivity index (χ0) is 22.5. The topological polar surface area (TPSA) is 108 Å². The largest absolute Gasteiger partial charge is 0.496 e. The number of benzene rings is 3. The summed E-state index contributed by atoms with van der Waals surface area (Å²) in [5.41, 5.74) is 3.10. The molecule has 0 fully saturated rings. The van der Waals surface area contributed by atoms with E-state index in [0.717, 1.165) is 22.0 Å². The van der Waals surface area contributed by atoms with Crippen molar-refractivity contribution in [3.05, 3.63) is 54.1 Å². The number of carbonyl (C=O) groups is 1. The summed E-state index contributed by atoms with van der Waals surface area (Å²) in [6.45, 7) is 1.79. The van der Waals surface area contributed by atoms with E-state index in [1.54, 1.807) is 19.2 Å². The number of ether oxygens (including phenoxy) is 1. The van der Waals surface area contributed by atoms with Crippen LogP contribution in [0.2, 0.25) is 0 Å². The van der Waals surface area contributed by atoms with Gasteiger partial charge in [-0.25, -0.2) is 9.97 Å². The van der Waals surface area contributed by atoms with Crippen LogP contribution < -0.4 is 10.1 Å². The summed E-state index contributed by atoms with van der Waals surface area (Å²) >= 11 is 0. The highest BCUT2D eigenvalue weighted by Crippen LogP contribution is 2.31. The molecule has 8 heteroatoms. The van der Waals surface area contributed by atoms with Crippen LogP contribution in [0.15, 0.2) is 48.5 Å². The van der Waals surface area contributed by atoms with E-state index in [4.69, 9.17) is 24.9 Å². The van der Waals surface area contributed by atoms with E-state index in [1.165, 1.54) is 0 Å². The van der Waals surface area contributed by atoms with Gasteiger partial charge < -0.3 is 20.3 Å². The van der Waals surface area contributed by atoms with Gasteiger partial charge in [-0.05, 0) is 30.3 Å². The lowest BCUT2D eigenvalue weighted by Crippen LogP contribution is -2.37. The smallest absolute Gasteiger partial charge is 0.253 e. The van der Waals surface area contributed by atoms with E-state index < -0.39 is 0 Å². The van der Waals surface area contributed by atoms with Crippen LogP contribution in [0.1, 0.15) is 10.4 Å². The SMILES string of the molecule is COc1cccc2c1ccc1nc3cccc(C(=O)NCCN(CCO)CCO)c3nc12. The summed E-state index contributed by atoms with van der Waals surface area (Å²) in [4.78, 5) is 24.4. The molecule has 8 nitrogen and oxygen atoms in total. The number of nitrogens with zero attached hydrogens (tertiary/aromatic N) is 3. The van der Waals surface area contributed by atoms with Crippen molar-refractivity contribution in [2.45, 2.75) is 0 Å². The number of carbonyl (C=O) groups excluding carboxylic acids is 1. The standard InChI is InChI=1S/C24H26N4O4/c1-32-21-7-3-4-17-16(21)8-9-20-22(17)27-23-18(5-2-6-19(23)26-20)24(31)25-10-11-28(12-14-29)13-15-30/h2-9,29-30H,10-15H2,1H3,(H,25,31). The molecule has 0 bridgehead atoms. The first-order valence-corrected chi connectivity index (χ1v) is 10.5. The van der Waals surface area contributed by atoms with Crippen molar-refractivity contribution in [1.29, 1.82) is 0 Å². The predicted octanol–water partition coefficient (Wildman–Crippen LogP) is 1.96. The van der Waals surface area contributed by atoms with Crippen LogP contribution in [0.25, 0.3) is 32.8 Å². The number of fused-ring (bicyclic) bond motifs is 4. The number of methoxy groups -OCH3 is 1. The molecule has 4 aromatic rings. The van der Waals surface area contributed by atoms with Crippen LogP contribution in [0.4, 0.5) is 0 Å². The summed E-state index contributed by atoms with van der Waals surface area (Å²) in [5.74, 6) is 0.516. The molecule has 0 spiro atoms. The molecule has 3 N–H and O–H groups in total. The molecule has 0 atom stereocenters. The predicted molar refractivity (Wildman–Crippen MR) is 124 cm³/mol. The van der Waals surface area contributed by atoms with E-state index in [9.17, 15) is 4.79 Å². The number of aliphatic hydroxyl groups excluding tert-OH is 2. The monoisotopic (exact) mass is 434 g/mol. The molecule has 0 aliphatic carbocycles. The normalized spacial score (nSPS) is 11.5. The Kier molecular flexibility index (Phi) is 6.75. The van der Waals surface area contributed by atoms with Gasteiger partial charge in [0.25, 0.3) is 5.91 Å². The summed E-state index contributed by atoms with van der Waals surface area (Å²) in [7, 11) is 1.63. The maximum Gasteiger partial charge on any atom is 0.253 e. The van der Waals surface area contributed by atoms with Gasteiger partial charge in [-0.3, -0.25) is 9.69 Å². The van der Waals surface area contributed by atoms with Gasteiger partial charge in [-0.2, -0.15) is 0 Å². The highest BCUT2D eigenvalue weighted by molar-refractivity contribution is 6.11. The van der Waals surface area contributed by atoms with Crippen LogP contribution in [0, 0.1) is 0 Å². The molecule has 0 unspecified atom stereocenters. The van der Waals surface area contributed by atoms with Gasteiger partial charge in [-0.1, -0.05) is 18.2 Å². The fourth-order valence-corrected chi connectivity index (χ4v) is 3.89. The lowest BCUT2D eigenvalue weighted by molar-refractivity contribution is 0.0946. The van der Waals surface area contributed by atoms with Crippen LogP contribution >= 0.6 is 0 Å². The molecule has 1 heterocycles. The summed E-state index contributed by atoms with van der Waals surface area (Å²) < 4.78 is 5.48. The Balaban J connectivity index is 1.68. The van der Waals surface area contributed by atoms with E-state index in [0.29, 0.717) is 48.3 Å². The minimum atomic E-state index is -0.241. The molecular weight excluding hydrogens is 408 g/mol. The lowest BCUT2D eigenvalue weighted by Gasteiger charge is -2.20. The van der Waals surface area contributed by atoms with E-state index in [2.05, 4.69) is 5.32 Å². The van der Waals surface area contributed by atoms with Gasteiger partial charge in [0.15, 0.2) is 0 Å². The van der Waals surface area contributed by atoms with Crippen LogP contribution in [-0.2, 0) is 0 Å². The fraction of sp³-hybridized carbons (Fsp3) is 0.292. The Morgan fingerprint density at radius 1 is 0.906 bits per heavy atom. The van der Waals surface area contributed by atoms with Crippen molar-refractivity contribution >= 4 is 38.7 Å². The summed E-state index contributed by atoms with van der Waals surface area (Å²) in [5, 5.41) is 23.0. The molecule has 32 heavy (non-hydrogen) atoms. The highest BCUT2D eigenvalue weighted by atomic mass is 16.5. The third-order valence-electron chi connectivity index (χ3n) is 5.46. The van der Waals surface area contributed by atoms with E-state index in [-0.39, 0.29) is 19.1 Å². The van der Waals surface area contributed by atoms with Gasteiger partial charge in [-0.15, -0.1) is 0 Å². The Morgan fingerprint density at radius 3 is 2.41 bits per heavy atom. The number of amides is 1. The quantitative estimate of drug-likeness (QED) is 0.273. The second kappa shape index (κ2) is 9.86. The van der Waals surface area contributed by atoms with Crippen molar-refractivity contribution in [2.75, 3.05) is 46.5 Å². The second-order valence-electron chi connectivity index (χ2n) is 7.43. The first-order valence-electron chi connectivity index (χ1n) is 10.5. The minimum Gasteiger partial charge on any atom is -0.496 e. The Labute approximate surface area is 185 Å². The fourth-order valence-electron chi connectivity index (χ4n) is 3.89. The molecular formula is C24H26N4O4. The van der Waals surface area contributed by atoms with Crippen molar-refractivity contribution in [3.63, 3.8) is 0 Å². The molecule has 1 amide bonds. The van der Waals surface area contributed by atoms with Gasteiger partial charge in [0.2, 0.25) is 0 Å². The van der Waals surface area contributed by atoms with Crippen molar-refractivity contribution in [3.8, 4) is 5.75 Å². The number of hydrogen-bond donors (Lipinski definition) is 3. The maximum atomic E-state index is 12.9. The number of nitrogens with one attached hydrogen (secondary N) is 1. The Bertz CT molecular complexity index is 1260. The zero-order valence-corrected chi connectivity index (χ0v) is 17.9. The minimum absolute atomic E-state index is 0.00131. The number of aliphatic hydroxyl groups is 2. The number of para-hydroxylation sites is 1. The molecule has 1 aromatic heterocycles. The van der Waals surface area contributed by atoms with Gasteiger partial charge in [0, 0.05) is 37.0 Å². The molecule has 166 valence electrons. The van der Waals surface area contributed by atoms with Gasteiger partial charge in [0.1, 0.15) is 11.3 Å².